The van der Waals surface area contributed by atoms with Crippen molar-refractivity contribution in [1.29, 1.82) is 0 Å². The molecule has 38 heavy (non-hydrogen) atoms. The molecule has 3 N–H and O–H groups in total. The second-order valence-electron chi connectivity index (χ2n) is 11.7. The molecule has 1 aliphatic rings. The summed E-state index contributed by atoms with van der Waals surface area (Å²) in [6.07, 6.45) is 1.17. The van der Waals surface area contributed by atoms with Crippen molar-refractivity contribution < 1.29 is 14.3 Å². The van der Waals surface area contributed by atoms with Gasteiger partial charge in [-0.15, -0.1) is 0 Å². The summed E-state index contributed by atoms with van der Waals surface area (Å²) < 4.78 is 8.22. The molecule has 0 bridgehead atoms. The van der Waals surface area contributed by atoms with Gasteiger partial charge in [0.1, 0.15) is 11.4 Å². The number of nitrogens with zero attached hydrogens (tertiary/aromatic N) is 3. The Balaban J connectivity index is 1.84. The highest BCUT2D eigenvalue weighted by Crippen LogP contribution is 2.37. The zero-order valence-corrected chi connectivity index (χ0v) is 23.3. The van der Waals surface area contributed by atoms with Crippen molar-refractivity contribution in [2.75, 3.05) is 18.5 Å². The average molecular weight is 518 g/mol. The Morgan fingerprint density at radius 3 is 2.47 bits per heavy atom. The monoisotopic (exact) mass is 517 g/mol. The number of aryl methyl sites for hydroxylation is 1. The van der Waals surface area contributed by atoms with Crippen LogP contribution in [0.3, 0.4) is 0 Å². The van der Waals surface area contributed by atoms with Crippen LogP contribution in [0.25, 0.3) is 16.9 Å². The molecule has 4 rings (SSSR count). The number of benzene rings is 2. The molecular formula is C30H39N5O3. The Morgan fingerprint density at radius 1 is 1.13 bits per heavy atom. The summed E-state index contributed by atoms with van der Waals surface area (Å²) in [7, 11) is 0. The van der Waals surface area contributed by atoms with Crippen LogP contribution in [0.2, 0.25) is 0 Å². The second-order valence-corrected chi connectivity index (χ2v) is 11.7. The van der Waals surface area contributed by atoms with E-state index in [1.165, 1.54) is 0 Å². The lowest BCUT2D eigenvalue weighted by molar-refractivity contribution is -0.134. The molecule has 1 aromatic heterocycles. The van der Waals surface area contributed by atoms with Crippen LogP contribution in [0, 0.1) is 18.3 Å². The fourth-order valence-corrected chi connectivity index (χ4v) is 4.74. The van der Waals surface area contributed by atoms with Crippen molar-refractivity contribution in [3.8, 4) is 22.7 Å². The first-order valence-corrected chi connectivity index (χ1v) is 13.2. The van der Waals surface area contributed by atoms with Crippen molar-refractivity contribution >= 4 is 17.6 Å². The van der Waals surface area contributed by atoms with Gasteiger partial charge in [-0.05, 0) is 42.0 Å². The van der Waals surface area contributed by atoms with E-state index in [9.17, 15) is 9.59 Å². The van der Waals surface area contributed by atoms with Gasteiger partial charge in [0.05, 0.1) is 18.0 Å². The molecule has 202 valence electrons. The van der Waals surface area contributed by atoms with E-state index in [0.717, 1.165) is 39.5 Å². The molecule has 0 unspecified atom stereocenters. The first-order chi connectivity index (χ1) is 17.9. The number of primary amides is 1. The molecule has 0 fully saturated rings. The number of hydrogen-bond acceptors (Lipinski definition) is 4. The van der Waals surface area contributed by atoms with Gasteiger partial charge in [0.2, 0.25) is 5.91 Å². The van der Waals surface area contributed by atoms with Crippen LogP contribution in [0.5, 0.6) is 5.75 Å². The maximum absolute atomic E-state index is 13.2. The van der Waals surface area contributed by atoms with Gasteiger partial charge < -0.3 is 20.7 Å². The van der Waals surface area contributed by atoms with Crippen LogP contribution in [0.4, 0.5) is 10.5 Å². The molecule has 1 aliphatic heterocycles. The SMILES string of the molecule is Cc1cccc(OCC(C)C)c1-n1nc2c(c1-c1ccc(NC(N)=O)cc1)CN(C(=O)CC(C)(C)C)CC2. The van der Waals surface area contributed by atoms with Gasteiger partial charge in [-0.25, -0.2) is 9.48 Å². The first kappa shape index (κ1) is 27.2. The molecule has 0 aliphatic carbocycles. The van der Waals surface area contributed by atoms with E-state index in [1.54, 1.807) is 0 Å². The minimum atomic E-state index is -0.611. The molecule has 0 saturated heterocycles. The third-order valence-corrected chi connectivity index (χ3v) is 6.48. The number of hydrogen-bond donors (Lipinski definition) is 2. The quantitative estimate of drug-likeness (QED) is 0.420. The summed E-state index contributed by atoms with van der Waals surface area (Å²) in [6, 6.07) is 13.0. The highest BCUT2D eigenvalue weighted by atomic mass is 16.5. The standard InChI is InChI=1S/C30H39N5O3/c1-19(2)18-38-25-9-7-8-20(3)27(25)35-28(21-10-12-22(13-11-21)32-29(31)37)23-17-34(15-14-24(23)33-35)26(36)16-30(4,5)6/h7-13,19H,14-18H2,1-6H3,(H3,31,32,37). The molecule has 2 heterocycles. The van der Waals surface area contributed by atoms with Crippen LogP contribution in [0.1, 0.15) is 57.9 Å². The molecule has 0 saturated carbocycles. The number of carbonyl (C=O) groups is 2. The third-order valence-electron chi connectivity index (χ3n) is 6.48. The molecule has 0 spiro atoms. The van der Waals surface area contributed by atoms with E-state index in [1.807, 2.05) is 46.0 Å². The largest absolute Gasteiger partial charge is 0.491 e. The maximum Gasteiger partial charge on any atom is 0.316 e. The Hall–Kier alpha value is -3.81. The minimum Gasteiger partial charge on any atom is -0.491 e. The summed E-state index contributed by atoms with van der Waals surface area (Å²) in [4.78, 5) is 26.5. The van der Waals surface area contributed by atoms with Crippen molar-refractivity contribution in [2.24, 2.45) is 17.1 Å². The highest BCUT2D eigenvalue weighted by molar-refractivity contribution is 5.88. The van der Waals surface area contributed by atoms with Crippen LogP contribution in [0.15, 0.2) is 42.5 Å². The topological polar surface area (TPSA) is 102 Å². The number of carbonyl (C=O) groups excluding carboxylic acids is 2. The van der Waals surface area contributed by atoms with E-state index >= 15 is 0 Å². The Kier molecular flexibility index (Phi) is 7.81. The molecule has 0 radical (unpaired) electrons. The van der Waals surface area contributed by atoms with Crippen LogP contribution >= 0.6 is 0 Å². The van der Waals surface area contributed by atoms with Gasteiger partial charge in [-0.3, -0.25) is 4.79 Å². The summed E-state index contributed by atoms with van der Waals surface area (Å²) in [5, 5.41) is 7.71. The number of nitrogens with two attached hydrogens (primary N) is 1. The normalized spacial score (nSPS) is 13.4. The van der Waals surface area contributed by atoms with Crippen LogP contribution < -0.4 is 15.8 Å². The Bertz CT molecular complexity index is 1320. The average Bonchev–Trinajstić information content (AvgIpc) is 3.20. The zero-order chi connectivity index (χ0) is 27.6. The second kappa shape index (κ2) is 10.9. The molecule has 8 heteroatoms. The molecule has 2 aromatic carbocycles. The smallest absolute Gasteiger partial charge is 0.316 e. The van der Waals surface area contributed by atoms with Crippen molar-refractivity contribution in [1.82, 2.24) is 14.7 Å². The first-order valence-electron chi connectivity index (χ1n) is 13.2. The van der Waals surface area contributed by atoms with Gasteiger partial charge in [-0.1, -0.05) is 58.9 Å². The number of aromatic nitrogens is 2. The van der Waals surface area contributed by atoms with Crippen molar-refractivity contribution in [3.63, 3.8) is 0 Å². The fraction of sp³-hybridized carbons (Fsp3) is 0.433. The molecule has 8 nitrogen and oxygen atoms in total. The number of urea groups is 1. The minimum absolute atomic E-state index is 0.0859. The van der Waals surface area contributed by atoms with Gasteiger partial charge in [0.25, 0.3) is 0 Å². The van der Waals surface area contributed by atoms with Crippen molar-refractivity contribution in [3.05, 3.63) is 59.3 Å². The molecule has 3 aromatic rings. The molecule has 3 amide bonds. The number of ether oxygens (including phenoxy) is 1. The van der Waals surface area contributed by atoms with Gasteiger partial charge in [0, 0.05) is 42.7 Å². The van der Waals surface area contributed by atoms with E-state index in [2.05, 4.69) is 52.9 Å². The lowest BCUT2D eigenvalue weighted by Crippen LogP contribution is -2.37. The van der Waals surface area contributed by atoms with Crippen LogP contribution in [-0.4, -0.2) is 39.8 Å². The summed E-state index contributed by atoms with van der Waals surface area (Å²) in [5.41, 5.74) is 11.6. The number of amides is 3. The summed E-state index contributed by atoms with van der Waals surface area (Å²) in [6.45, 7) is 14.3. The summed E-state index contributed by atoms with van der Waals surface area (Å²) >= 11 is 0. The number of nitrogens with one attached hydrogen (secondary N) is 1. The maximum atomic E-state index is 13.2. The summed E-state index contributed by atoms with van der Waals surface area (Å²) in [5.74, 6) is 1.30. The van der Waals surface area contributed by atoms with Crippen molar-refractivity contribution in [2.45, 2.75) is 60.9 Å². The van der Waals surface area contributed by atoms with E-state index in [0.29, 0.717) is 44.1 Å². The Morgan fingerprint density at radius 2 is 1.84 bits per heavy atom. The predicted molar refractivity (Wildman–Crippen MR) is 150 cm³/mol. The fourth-order valence-electron chi connectivity index (χ4n) is 4.74. The highest BCUT2D eigenvalue weighted by Gasteiger charge is 2.31. The number of fused-ring (bicyclic) bond motifs is 1. The third kappa shape index (κ3) is 6.18. The van der Waals surface area contributed by atoms with E-state index in [4.69, 9.17) is 15.6 Å². The van der Waals surface area contributed by atoms with Gasteiger partial charge in [-0.2, -0.15) is 5.10 Å². The van der Waals surface area contributed by atoms with Gasteiger partial charge >= 0.3 is 6.03 Å². The molecular weight excluding hydrogens is 478 g/mol. The number of anilines is 1. The zero-order valence-electron chi connectivity index (χ0n) is 23.3. The number of rotatable bonds is 7. The lowest BCUT2D eigenvalue weighted by Gasteiger charge is -2.30. The molecule has 0 atom stereocenters. The van der Waals surface area contributed by atoms with Crippen LogP contribution in [-0.2, 0) is 17.8 Å². The number of para-hydroxylation sites is 1. The van der Waals surface area contributed by atoms with E-state index < -0.39 is 6.03 Å². The lowest BCUT2D eigenvalue weighted by atomic mass is 9.91. The Labute approximate surface area is 225 Å². The predicted octanol–water partition coefficient (Wildman–Crippen LogP) is 5.69. The van der Waals surface area contributed by atoms with Gasteiger partial charge in [0.15, 0.2) is 0 Å². The van der Waals surface area contributed by atoms with E-state index in [-0.39, 0.29) is 11.3 Å².